The Bertz CT molecular complexity index is 1470. The van der Waals surface area contributed by atoms with Crippen molar-refractivity contribution < 1.29 is 42.4 Å². The number of carbonyl (C=O) groups excluding carboxylic acids is 1. The predicted molar refractivity (Wildman–Crippen MR) is 154 cm³/mol. The number of rotatable bonds is 6. The molecule has 0 aliphatic carbocycles. The molecule has 1 amide bonds. The van der Waals surface area contributed by atoms with E-state index in [2.05, 4.69) is 34.9 Å². The Balaban J connectivity index is 0.000000541. The van der Waals surface area contributed by atoms with Crippen molar-refractivity contribution in [2.45, 2.75) is 51.4 Å². The number of nitrogens with two attached hydrogens (primary N) is 1. The second kappa shape index (κ2) is 13.2. The molecule has 12 heteroatoms. The highest BCUT2D eigenvalue weighted by atomic mass is 19.4. The smallest absolute Gasteiger partial charge is 0.490 e. The number of hydrogen-bond donors (Lipinski definition) is 5. The van der Waals surface area contributed by atoms with Gasteiger partial charge in [0.1, 0.15) is 19.0 Å². The first-order chi connectivity index (χ1) is 20.3. The van der Waals surface area contributed by atoms with Gasteiger partial charge in [-0.05, 0) is 96.8 Å². The van der Waals surface area contributed by atoms with Crippen molar-refractivity contribution in [2.75, 3.05) is 25.1 Å². The number of phenolic OH excluding ortho intramolecular Hbond substituents is 1. The van der Waals surface area contributed by atoms with E-state index >= 15 is 0 Å². The maximum atomic E-state index is 13.1. The van der Waals surface area contributed by atoms with E-state index in [-0.39, 0.29) is 17.7 Å². The summed E-state index contributed by atoms with van der Waals surface area (Å²) in [5, 5.41) is 23.6. The monoisotopic (exact) mass is 601 g/mol. The Morgan fingerprint density at radius 3 is 2.28 bits per heavy atom. The normalized spacial score (nSPS) is 16.1. The minimum Gasteiger partial charge on any atom is -0.508 e. The lowest BCUT2D eigenvalue weighted by Gasteiger charge is -2.29. The van der Waals surface area contributed by atoms with Gasteiger partial charge in [0.25, 0.3) is 0 Å². The Kier molecular flexibility index (Phi) is 9.70. The fourth-order valence-corrected chi connectivity index (χ4v) is 5.15. The van der Waals surface area contributed by atoms with Gasteiger partial charge in [0.05, 0.1) is 12.1 Å². The van der Waals surface area contributed by atoms with Crippen LogP contribution in [0.25, 0.3) is 0 Å². The van der Waals surface area contributed by atoms with Gasteiger partial charge < -0.3 is 36.1 Å². The largest absolute Gasteiger partial charge is 0.508 e. The van der Waals surface area contributed by atoms with E-state index in [1.165, 1.54) is 0 Å². The first-order valence-corrected chi connectivity index (χ1v) is 13.7. The number of halogens is 3. The van der Waals surface area contributed by atoms with Crippen molar-refractivity contribution in [2.24, 2.45) is 5.73 Å². The molecule has 0 spiro atoms. The molecular weight excluding hydrogens is 567 g/mol. The van der Waals surface area contributed by atoms with Crippen LogP contribution in [0.5, 0.6) is 17.2 Å². The topological polar surface area (TPSA) is 143 Å². The number of benzene rings is 3. The van der Waals surface area contributed by atoms with Gasteiger partial charge in [-0.25, -0.2) is 4.79 Å². The zero-order valence-electron chi connectivity index (χ0n) is 23.8. The lowest BCUT2D eigenvalue weighted by atomic mass is 9.92. The van der Waals surface area contributed by atoms with Gasteiger partial charge in [0.2, 0.25) is 5.91 Å². The minimum atomic E-state index is -5.08. The van der Waals surface area contributed by atoms with Crippen LogP contribution in [-0.2, 0) is 22.4 Å². The maximum absolute atomic E-state index is 13.1. The molecule has 0 saturated carbocycles. The zero-order valence-corrected chi connectivity index (χ0v) is 23.8. The number of aliphatic carboxylic acids is 1. The summed E-state index contributed by atoms with van der Waals surface area (Å²) in [4.78, 5) is 22.0. The van der Waals surface area contributed by atoms with E-state index in [1.54, 1.807) is 12.1 Å². The lowest BCUT2D eigenvalue weighted by molar-refractivity contribution is -0.192. The second-order valence-electron chi connectivity index (χ2n) is 10.5. The van der Waals surface area contributed by atoms with Crippen LogP contribution in [-0.4, -0.2) is 54.1 Å². The number of amides is 1. The Morgan fingerprint density at radius 2 is 1.63 bits per heavy atom. The summed E-state index contributed by atoms with van der Waals surface area (Å²) in [7, 11) is 0. The molecule has 0 fully saturated rings. The zero-order chi connectivity index (χ0) is 31.3. The number of carboxylic acid groups (broad SMARTS) is 1. The molecule has 230 valence electrons. The summed E-state index contributed by atoms with van der Waals surface area (Å²) in [5.41, 5.74) is 13.6. The third-order valence-electron chi connectivity index (χ3n) is 7.26. The fourth-order valence-electron chi connectivity index (χ4n) is 5.15. The van der Waals surface area contributed by atoms with Gasteiger partial charge in [-0.3, -0.25) is 4.79 Å². The number of nitrogens with one attached hydrogen (secondary N) is 2. The van der Waals surface area contributed by atoms with Gasteiger partial charge in [-0.15, -0.1) is 0 Å². The molecule has 2 atom stereocenters. The molecule has 0 aromatic heterocycles. The number of anilines is 1. The molecule has 3 aromatic carbocycles. The number of aryl methyl sites for hydroxylation is 2. The van der Waals surface area contributed by atoms with Crippen molar-refractivity contribution in [3.05, 3.63) is 81.9 Å². The number of aromatic hydroxyl groups is 1. The fraction of sp³-hybridized carbons (Fsp3) is 0.355. The van der Waals surface area contributed by atoms with Crippen LogP contribution in [0.1, 0.15) is 45.8 Å². The second-order valence-corrected chi connectivity index (χ2v) is 10.5. The highest BCUT2D eigenvalue weighted by Crippen LogP contribution is 2.34. The summed E-state index contributed by atoms with van der Waals surface area (Å²) in [6.45, 7) is 5.79. The summed E-state index contributed by atoms with van der Waals surface area (Å²) in [5.74, 6) is -1.12. The number of alkyl halides is 3. The molecule has 0 radical (unpaired) electrons. The first kappa shape index (κ1) is 31.5. The van der Waals surface area contributed by atoms with Crippen LogP contribution in [0.2, 0.25) is 0 Å². The van der Waals surface area contributed by atoms with E-state index in [1.807, 2.05) is 26.0 Å². The Hall–Kier alpha value is -4.45. The summed E-state index contributed by atoms with van der Waals surface area (Å²) in [6, 6.07) is 15.1. The van der Waals surface area contributed by atoms with Crippen molar-refractivity contribution in [1.82, 2.24) is 5.32 Å². The van der Waals surface area contributed by atoms with Crippen LogP contribution in [0, 0.1) is 13.8 Å². The van der Waals surface area contributed by atoms with Crippen molar-refractivity contribution >= 4 is 17.6 Å². The molecule has 0 unspecified atom stereocenters. The van der Waals surface area contributed by atoms with Crippen LogP contribution in [0.15, 0.2) is 48.5 Å². The van der Waals surface area contributed by atoms with Gasteiger partial charge in [0.15, 0.2) is 11.5 Å². The maximum Gasteiger partial charge on any atom is 0.490 e. The number of phenols is 1. The molecular formula is C31H34F3N3O6. The van der Waals surface area contributed by atoms with Gasteiger partial charge in [-0.2, -0.15) is 13.2 Å². The Morgan fingerprint density at radius 1 is 1.02 bits per heavy atom. The molecule has 43 heavy (non-hydrogen) atoms. The molecule has 2 aliphatic heterocycles. The number of carbonyl (C=O) groups is 2. The van der Waals surface area contributed by atoms with Crippen molar-refractivity contribution in [3.63, 3.8) is 0 Å². The highest BCUT2D eigenvalue weighted by molar-refractivity contribution is 5.83. The predicted octanol–water partition coefficient (Wildman–Crippen LogP) is 4.55. The molecule has 3 aromatic rings. The van der Waals surface area contributed by atoms with Gasteiger partial charge in [-0.1, -0.05) is 18.2 Å². The summed E-state index contributed by atoms with van der Waals surface area (Å²) < 4.78 is 43.1. The number of fused-ring (bicyclic) bond motifs is 2. The van der Waals surface area contributed by atoms with Crippen LogP contribution >= 0.6 is 0 Å². The van der Waals surface area contributed by atoms with E-state index < -0.39 is 18.2 Å². The van der Waals surface area contributed by atoms with Crippen LogP contribution in [0.3, 0.4) is 0 Å². The summed E-state index contributed by atoms with van der Waals surface area (Å²) >= 11 is 0. The average molecular weight is 602 g/mol. The molecule has 2 aliphatic rings. The first-order valence-electron chi connectivity index (χ1n) is 13.7. The number of carboxylic acids is 1. The van der Waals surface area contributed by atoms with Crippen molar-refractivity contribution in [1.29, 1.82) is 0 Å². The molecule has 5 rings (SSSR count). The van der Waals surface area contributed by atoms with E-state index in [0.29, 0.717) is 19.6 Å². The molecule has 0 bridgehead atoms. The third kappa shape index (κ3) is 8.10. The van der Waals surface area contributed by atoms with Gasteiger partial charge >= 0.3 is 12.1 Å². The number of hydrogen-bond acceptors (Lipinski definition) is 7. The summed E-state index contributed by atoms with van der Waals surface area (Å²) in [6.07, 6.45) is -3.12. The standard InChI is InChI=1S/C29H33N3O4.C2HF3O2/c1-17-11-21(33)12-18(2)22(17)16-24(30)29(34)32-26-7-8-31-25-5-3-19(14-23(25)26)13-20-4-6-27-28(15-20)36-10-9-35-27;3-2(4,5)1(6)7/h3-6,11-12,14-15,24,26,31,33H,7-10,13,16,30H2,1-2H3,(H,32,34);(H,6,7)/t24-,26+;/m0./s1. The Labute approximate surface area is 246 Å². The van der Waals surface area contributed by atoms with Crippen molar-refractivity contribution in [3.8, 4) is 17.2 Å². The number of ether oxygens (including phenoxy) is 2. The minimum absolute atomic E-state index is 0.109. The van der Waals surface area contributed by atoms with Crippen LogP contribution < -0.4 is 25.8 Å². The third-order valence-corrected chi connectivity index (χ3v) is 7.26. The molecule has 0 saturated heterocycles. The lowest BCUT2D eigenvalue weighted by Crippen LogP contribution is -2.44. The van der Waals surface area contributed by atoms with Crippen LogP contribution in [0.4, 0.5) is 18.9 Å². The molecule has 2 heterocycles. The SMILES string of the molecule is Cc1cc(O)cc(C)c1C[C@H](N)C(=O)N[C@@H]1CCNc2ccc(Cc3ccc4c(c3)OCCO4)cc21.O=C(O)C(F)(F)F. The van der Waals surface area contributed by atoms with E-state index in [9.17, 15) is 23.1 Å². The average Bonchev–Trinajstić information content (AvgIpc) is 2.95. The van der Waals surface area contributed by atoms with Gasteiger partial charge in [0, 0.05) is 12.2 Å². The van der Waals surface area contributed by atoms with E-state index in [0.717, 1.165) is 70.0 Å². The highest BCUT2D eigenvalue weighted by Gasteiger charge is 2.38. The molecule has 6 N–H and O–H groups in total. The molecule has 9 nitrogen and oxygen atoms in total. The van der Waals surface area contributed by atoms with E-state index in [4.69, 9.17) is 25.1 Å². The quantitative estimate of drug-likeness (QED) is 0.277.